The summed E-state index contributed by atoms with van der Waals surface area (Å²) < 4.78 is 0. The molecule has 2 aromatic carbocycles. The molecule has 0 heterocycles. The molecule has 0 amide bonds. The van der Waals surface area contributed by atoms with E-state index in [9.17, 15) is 5.11 Å². The Morgan fingerprint density at radius 2 is 1.80 bits per heavy atom. The molecule has 104 valence electrons. The molecule has 3 heteroatoms. The number of halogens is 2. The van der Waals surface area contributed by atoms with Crippen LogP contribution in [0.5, 0.6) is 0 Å². The van der Waals surface area contributed by atoms with Gasteiger partial charge in [-0.05, 0) is 47.9 Å². The topological polar surface area (TPSA) is 20.2 Å². The maximum atomic E-state index is 10.4. The Balaban J connectivity index is 1.63. The largest absolute Gasteiger partial charge is 0.392 e. The van der Waals surface area contributed by atoms with E-state index >= 15 is 0 Å². The first-order valence-corrected chi connectivity index (χ1v) is 7.57. The van der Waals surface area contributed by atoms with Gasteiger partial charge in [0.1, 0.15) is 0 Å². The van der Waals surface area contributed by atoms with Crippen LogP contribution in [0.2, 0.25) is 10.0 Å². The molecule has 1 aliphatic carbocycles. The molecule has 20 heavy (non-hydrogen) atoms. The van der Waals surface area contributed by atoms with Crippen molar-refractivity contribution in [1.29, 1.82) is 0 Å². The summed E-state index contributed by atoms with van der Waals surface area (Å²) in [4.78, 5) is 0. The predicted molar refractivity (Wildman–Crippen MR) is 83.5 cm³/mol. The highest BCUT2D eigenvalue weighted by Gasteiger charge is 2.42. The Morgan fingerprint density at radius 1 is 1.05 bits per heavy atom. The number of rotatable bonds is 4. The van der Waals surface area contributed by atoms with E-state index in [0.717, 1.165) is 12.0 Å². The van der Waals surface area contributed by atoms with Crippen molar-refractivity contribution in [3.63, 3.8) is 0 Å². The first-order valence-electron chi connectivity index (χ1n) is 6.82. The van der Waals surface area contributed by atoms with Crippen molar-refractivity contribution in [3.8, 4) is 0 Å². The third-order valence-electron chi connectivity index (χ3n) is 3.99. The van der Waals surface area contributed by atoms with Gasteiger partial charge in [-0.25, -0.2) is 0 Å². The van der Waals surface area contributed by atoms with Gasteiger partial charge in [-0.2, -0.15) is 0 Å². The van der Waals surface area contributed by atoms with Gasteiger partial charge < -0.3 is 5.11 Å². The highest BCUT2D eigenvalue weighted by molar-refractivity contribution is 6.42. The van der Waals surface area contributed by atoms with Gasteiger partial charge in [-0.15, -0.1) is 0 Å². The van der Waals surface area contributed by atoms with Gasteiger partial charge in [0.2, 0.25) is 0 Å². The van der Waals surface area contributed by atoms with Gasteiger partial charge in [0.25, 0.3) is 0 Å². The lowest BCUT2D eigenvalue weighted by Crippen LogP contribution is -2.14. The van der Waals surface area contributed by atoms with Crippen LogP contribution in [-0.4, -0.2) is 11.2 Å². The maximum Gasteiger partial charge on any atom is 0.0614 e. The van der Waals surface area contributed by atoms with Crippen molar-refractivity contribution in [3.05, 3.63) is 69.7 Å². The van der Waals surface area contributed by atoms with Crippen molar-refractivity contribution < 1.29 is 5.11 Å². The van der Waals surface area contributed by atoms with E-state index in [1.165, 1.54) is 5.56 Å². The Bertz CT molecular complexity index is 597. The van der Waals surface area contributed by atoms with Gasteiger partial charge in [0, 0.05) is 0 Å². The van der Waals surface area contributed by atoms with E-state index in [-0.39, 0.29) is 6.10 Å². The van der Waals surface area contributed by atoms with Crippen LogP contribution in [0.4, 0.5) is 0 Å². The Labute approximate surface area is 129 Å². The summed E-state index contributed by atoms with van der Waals surface area (Å²) in [7, 11) is 0. The van der Waals surface area contributed by atoms with Crippen LogP contribution in [0, 0.1) is 5.92 Å². The highest BCUT2D eigenvalue weighted by Crippen LogP contribution is 2.50. The Hall–Kier alpha value is -1.02. The molecule has 0 aliphatic heterocycles. The van der Waals surface area contributed by atoms with Crippen molar-refractivity contribution in [2.24, 2.45) is 5.92 Å². The molecule has 0 spiro atoms. The molecule has 2 aromatic rings. The number of aliphatic hydroxyl groups is 1. The minimum absolute atomic E-state index is 0.322. The molecule has 0 bridgehead atoms. The van der Waals surface area contributed by atoms with Crippen LogP contribution in [0.1, 0.15) is 23.5 Å². The monoisotopic (exact) mass is 306 g/mol. The molecule has 1 N–H and O–H groups in total. The van der Waals surface area contributed by atoms with Gasteiger partial charge in [0.15, 0.2) is 0 Å². The zero-order chi connectivity index (χ0) is 14.1. The SMILES string of the molecule is OC(Cc1ccc(Cl)c(Cl)c1)C1CC1c1ccccc1. The molecule has 0 radical (unpaired) electrons. The molecule has 1 fully saturated rings. The van der Waals surface area contributed by atoms with E-state index in [1.54, 1.807) is 6.07 Å². The van der Waals surface area contributed by atoms with Crippen LogP contribution < -0.4 is 0 Å². The third kappa shape index (κ3) is 3.01. The van der Waals surface area contributed by atoms with Crippen molar-refractivity contribution in [2.45, 2.75) is 24.9 Å². The van der Waals surface area contributed by atoms with Gasteiger partial charge in [0.05, 0.1) is 16.1 Å². The first-order chi connectivity index (χ1) is 9.65. The van der Waals surface area contributed by atoms with Crippen molar-refractivity contribution >= 4 is 23.2 Å². The average Bonchev–Trinajstić information content (AvgIpc) is 3.24. The zero-order valence-corrected chi connectivity index (χ0v) is 12.5. The highest BCUT2D eigenvalue weighted by atomic mass is 35.5. The fraction of sp³-hybridized carbons (Fsp3) is 0.294. The number of hydrogen-bond acceptors (Lipinski definition) is 1. The predicted octanol–water partition coefficient (Wildman–Crippen LogP) is 4.70. The Kier molecular flexibility index (Phi) is 4.02. The molecule has 0 saturated heterocycles. The molecule has 1 aliphatic rings. The average molecular weight is 307 g/mol. The van der Waals surface area contributed by atoms with Crippen molar-refractivity contribution in [2.75, 3.05) is 0 Å². The van der Waals surface area contributed by atoms with Crippen LogP contribution in [-0.2, 0) is 6.42 Å². The summed E-state index contributed by atoms with van der Waals surface area (Å²) in [5.41, 5.74) is 2.36. The normalized spacial score (nSPS) is 22.6. The van der Waals surface area contributed by atoms with E-state index in [1.807, 2.05) is 18.2 Å². The second-order valence-electron chi connectivity index (χ2n) is 5.44. The van der Waals surface area contributed by atoms with E-state index in [4.69, 9.17) is 23.2 Å². The minimum Gasteiger partial charge on any atom is -0.392 e. The maximum absolute atomic E-state index is 10.4. The standard InChI is InChI=1S/C17H16Cl2O/c18-15-7-6-11(8-16(15)19)9-17(20)14-10-13(14)12-4-2-1-3-5-12/h1-8,13-14,17,20H,9-10H2. The van der Waals surface area contributed by atoms with E-state index in [2.05, 4.69) is 24.3 Å². The molecular weight excluding hydrogens is 291 g/mol. The van der Waals surface area contributed by atoms with E-state index < -0.39 is 0 Å². The second-order valence-corrected chi connectivity index (χ2v) is 6.25. The van der Waals surface area contributed by atoms with Crippen LogP contribution >= 0.6 is 23.2 Å². The molecule has 1 saturated carbocycles. The smallest absolute Gasteiger partial charge is 0.0614 e. The van der Waals surface area contributed by atoms with E-state index in [0.29, 0.717) is 28.3 Å². The summed E-state index contributed by atoms with van der Waals surface area (Å²) in [5, 5.41) is 11.5. The Morgan fingerprint density at radius 3 is 2.50 bits per heavy atom. The molecule has 0 aromatic heterocycles. The minimum atomic E-state index is -0.322. The number of benzene rings is 2. The van der Waals surface area contributed by atoms with Crippen LogP contribution in [0.3, 0.4) is 0 Å². The summed E-state index contributed by atoms with van der Waals surface area (Å²) in [6.45, 7) is 0. The quantitative estimate of drug-likeness (QED) is 0.868. The van der Waals surface area contributed by atoms with Gasteiger partial charge >= 0.3 is 0 Å². The zero-order valence-electron chi connectivity index (χ0n) is 11.0. The fourth-order valence-electron chi connectivity index (χ4n) is 2.78. The lowest BCUT2D eigenvalue weighted by atomic mass is 10.0. The van der Waals surface area contributed by atoms with Gasteiger partial charge in [-0.1, -0.05) is 59.6 Å². The summed E-state index contributed by atoms with van der Waals surface area (Å²) in [6.07, 6.45) is 1.37. The first kappa shape index (κ1) is 13.9. The summed E-state index contributed by atoms with van der Waals surface area (Å²) in [5.74, 6) is 0.848. The molecule has 3 atom stereocenters. The third-order valence-corrected chi connectivity index (χ3v) is 4.73. The van der Waals surface area contributed by atoms with Crippen molar-refractivity contribution in [1.82, 2.24) is 0 Å². The molecular formula is C17H16Cl2O. The lowest BCUT2D eigenvalue weighted by Gasteiger charge is -2.11. The van der Waals surface area contributed by atoms with Crippen LogP contribution in [0.25, 0.3) is 0 Å². The molecule has 3 unspecified atom stereocenters. The number of aliphatic hydroxyl groups excluding tert-OH is 1. The number of hydrogen-bond donors (Lipinski definition) is 1. The molecule has 3 rings (SSSR count). The lowest BCUT2D eigenvalue weighted by molar-refractivity contribution is 0.149. The fourth-order valence-corrected chi connectivity index (χ4v) is 3.10. The van der Waals surface area contributed by atoms with Gasteiger partial charge in [-0.3, -0.25) is 0 Å². The second kappa shape index (κ2) is 5.77. The summed E-state index contributed by atoms with van der Waals surface area (Å²) >= 11 is 11.9. The molecule has 1 nitrogen and oxygen atoms in total. The summed E-state index contributed by atoms with van der Waals surface area (Å²) in [6, 6.07) is 15.9. The van der Waals surface area contributed by atoms with Crippen LogP contribution in [0.15, 0.2) is 48.5 Å².